The fourth-order valence-electron chi connectivity index (χ4n) is 1.43. The summed E-state index contributed by atoms with van der Waals surface area (Å²) in [6.45, 7) is 0. The fraction of sp³-hybridized carbons (Fsp3) is 0.167. The molecule has 4 heteroatoms. The number of rotatable bonds is 4. The van der Waals surface area contributed by atoms with Crippen LogP contribution in [-0.4, -0.2) is 10.8 Å². The minimum Gasteiger partial charge on any atom is -0.294 e. The van der Waals surface area contributed by atoms with Crippen LogP contribution < -0.4 is 0 Å². The number of aromatic nitrogens is 1. The summed E-state index contributed by atoms with van der Waals surface area (Å²) in [7, 11) is 0. The number of hydrogen-bond donors (Lipinski definition) is 0. The molecule has 0 spiro atoms. The van der Waals surface area contributed by atoms with E-state index >= 15 is 0 Å². The molecule has 82 valence electrons. The second kappa shape index (κ2) is 5.23. The van der Waals surface area contributed by atoms with Crippen LogP contribution in [0.25, 0.3) is 0 Å². The molecule has 0 aliphatic heterocycles. The van der Waals surface area contributed by atoms with E-state index < -0.39 is 0 Å². The highest BCUT2D eigenvalue weighted by molar-refractivity contribution is 7.09. The number of pyridine rings is 1. The summed E-state index contributed by atoms with van der Waals surface area (Å²) in [6, 6.07) is 5.69. The first kappa shape index (κ1) is 11.3. The van der Waals surface area contributed by atoms with E-state index in [0.717, 1.165) is 6.42 Å². The zero-order chi connectivity index (χ0) is 11.4. The van der Waals surface area contributed by atoms with E-state index in [1.54, 1.807) is 23.6 Å². The molecule has 0 aromatic carbocycles. The van der Waals surface area contributed by atoms with Gasteiger partial charge in [-0.2, -0.15) is 0 Å². The molecule has 0 aliphatic rings. The second-order valence-electron chi connectivity index (χ2n) is 3.36. The predicted octanol–water partition coefficient (Wildman–Crippen LogP) is 3.61. The summed E-state index contributed by atoms with van der Waals surface area (Å²) >= 11 is 7.57. The van der Waals surface area contributed by atoms with Gasteiger partial charge in [0.15, 0.2) is 5.78 Å². The van der Waals surface area contributed by atoms with Gasteiger partial charge in [0.1, 0.15) is 0 Å². The van der Waals surface area contributed by atoms with Gasteiger partial charge in [0, 0.05) is 29.3 Å². The SMILES string of the molecule is O=C(CCc1cccs1)c1ccncc1Cl. The topological polar surface area (TPSA) is 30.0 Å². The monoisotopic (exact) mass is 251 g/mol. The summed E-state index contributed by atoms with van der Waals surface area (Å²) < 4.78 is 0. The molecular weight excluding hydrogens is 242 g/mol. The van der Waals surface area contributed by atoms with Gasteiger partial charge in [0.05, 0.1) is 5.02 Å². The Kier molecular flexibility index (Phi) is 3.70. The van der Waals surface area contributed by atoms with Gasteiger partial charge in [-0.3, -0.25) is 9.78 Å². The molecular formula is C12H10ClNOS. The third kappa shape index (κ3) is 2.68. The molecule has 2 rings (SSSR count). The van der Waals surface area contributed by atoms with E-state index in [4.69, 9.17) is 11.6 Å². The van der Waals surface area contributed by atoms with Gasteiger partial charge in [0.25, 0.3) is 0 Å². The Morgan fingerprint density at radius 3 is 3.00 bits per heavy atom. The molecule has 0 saturated carbocycles. The smallest absolute Gasteiger partial charge is 0.164 e. The first-order chi connectivity index (χ1) is 7.77. The van der Waals surface area contributed by atoms with Crippen LogP contribution in [0.2, 0.25) is 5.02 Å². The van der Waals surface area contributed by atoms with E-state index in [9.17, 15) is 4.79 Å². The molecule has 0 bridgehead atoms. The van der Waals surface area contributed by atoms with Crippen molar-refractivity contribution in [1.82, 2.24) is 4.98 Å². The number of Topliss-reactive ketones (excluding diaryl/α,β-unsaturated/α-hetero) is 1. The lowest BCUT2D eigenvalue weighted by Crippen LogP contribution is -2.01. The second-order valence-corrected chi connectivity index (χ2v) is 4.80. The van der Waals surface area contributed by atoms with Crippen LogP contribution in [0, 0.1) is 0 Å². The number of thiophene rings is 1. The van der Waals surface area contributed by atoms with E-state index in [1.165, 1.54) is 11.1 Å². The van der Waals surface area contributed by atoms with Crippen LogP contribution in [0.1, 0.15) is 21.7 Å². The first-order valence-corrected chi connectivity index (χ1v) is 6.18. The highest BCUT2D eigenvalue weighted by atomic mass is 35.5. The highest BCUT2D eigenvalue weighted by Gasteiger charge is 2.10. The lowest BCUT2D eigenvalue weighted by atomic mass is 10.1. The minimum absolute atomic E-state index is 0.0702. The van der Waals surface area contributed by atoms with Crippen molar-refractivity contribution in [2.45, 2.75) is 12.8 Å². The third-order valence-electron chi connectivity index (χ3n) is 2.25. The van der Waals surface area contributed by atoms with Gasteiger partial charge in [-0.05, 0) is 23.9 Å². The molecule has 0 radical (unpaired) electrons. The van der Waals surface area contributed by atoms with Crippen LogP contribution in [-0.2, 0) is 6.42 Å². The van der Waals surface area contributed by atoms with Crippen molar-refractivity contribution >= 4 is 28.7 Å². The quantitative estimate of drug-likeness (QED) is 0.777. The van der Waals surface area contributed by atoms with E-state index in [2.05, 4.69) is 4.98 Å². The predicted molar refractivity (Wildman–Crippen MR) is 66.2 cm³/mol. The van der Waals surface area contributed by atoms with Crippen molar-refractivity contribution in [2.75, 3.05) is 0 Å². The Labute approximate surface area is 103 Å². The summed E-state index contributed by atoms with van der Waals surface area (Å²) in [5.41, 5.74) is 0.563. The molecule has 0 unspecified atom stereocenters. The first-order valence-electron chi connectivity index (χ1n) is 4.92. The maximum absolute atomic E-state index is 11.9. The van der Waals surface area contributed by atoms with Crippen LogP contribution in [0.15, 0.2) is 36.0 Å². The van der Waals surface area contributed by atoms with Crippen molar-refractivity contribution in [3.05, 3.63) is 51.4 Å². The van der Waals surface area contributed by atoms with E-state index in [0.29, 0.717) is 17.0 Å². The average Bonchev–Trinajstić information content (AvgIpc) is 2.79. The molecule has 0 saturated heterocycles. The zero-order valence-electron chi connectivity index (χ0n) is 8.52. The summed E-state index contributed by atoms with van der Waals surface area (Å²) in [6.07, 6.45) is 4.35. The molecule has 2 heterocycles. The minimum atomic E-state index is 0.0702. The summed E-state index contributed by atoms with van der Waals surface area (Å²) in [5, 5.41) is 2.44. The normalized spacial score (nSPS) is 10.3. The number of carbonyl (C=O) groups is 1. The van der Waals surface area contributed by atoms with Gasteiger partial charge in [-0.1, -0.05) is 17.7 Å². The molecule has 0 atom stereocenters. The molecule has 2 aromatic heterocycles. The Bertz CT molecular complexity index is 482. The molecule has 2 nitrogen and oxygen atoms in total. The number of ketones is 1. The number of halogens is 1. The zero-order valence-corrected chi connectivity index (χ0v) is 10.1. The van der Waals surface area contributed by atoms with E-state index in [-0.39, 0.29) is 5.78 Å². The van der Waals surface area contributed by atoms with Gasteiger partial charge >= 0.3 is 0 Å². The molecule has 2 aromatic rings. The van der Waals surface area contributed by atoms with Gasteiger partial charge in [0.2, 0.25) is 0 Å². The maximum atomic E-state index is 11.9. The Morgan fingerprint density at radius 2 is 2.31 bits per heavy atom. The molecule has 0 amide bonds. The Morgan fingerprint density at radius 1 is 1.44 bits per heavy atom. The summed E-state index contributed by atoms with van der Waals surface area (Å²) in [5.74, 6) is 0.0702. The number of hydrogen-bond acceptors (Lipinski definition) is 3. The lowest BCUT2D eigenvalue weighted by Gasteiger charge is -2.01. The van der Waals surface area contributed by atoms with Crippen LogP contribution in [0.3, 0.4) is 0 Å². The van der Waals surface area contributed by atoms with Crippen molar-refractivity contribution in [1.29, 1.82) is 0 Å². The van der Waals surface area contributed by atoms with Crippen LogP contribution in [0.5, 0.6) is 0 Å². The van der Waals surface area contributed by atoms with Crippen molar-refractivity contribution in [2.24, 2.45) is 0 Å². The Balaban J connectivity index is 2.01. The third-order valence-corrected chi connectivity index (χ3v) is 3.49. The fourth-order valence-corrected chi connectivity index (χ4v) is 2.36. The van der Waals surface area contributed by atoms with Crippen LogP contribution >= 0.6 is 22.9 Å². The summed E-state index contributed by atoms with van der Waals surface area (Å²) in [4.78, 5) is 16.9. The molecule has 16 heavy (non-hydrogen) atoms. The average molecular weight is 252 g/mol. The Hall–Kier alpha value is -1.19. The van der Waals surface area contributed by atoms with Gasteiger partial charge in [-0.15, -0.1) is 11.3 Å². The highest BCUT2D eigenvalue weighted by Crippen LogP contribution is 2.18. The van der Waals surface area contributed by atoms with Crippen molar-refractivity contribution in [3.8, 4) is 0 Å². The van der Waals surface area contributed by atoms with Gasteiger partial charge in [-0.25, -0.2) is 0 Å². The van der Waals surface area contributed by atoms with Crippen molar-refractivity contribution in [3.63, 3.8) is 0 Å². The van der Waals surface area contributed by atoms with Crippen LogP contribution in [0.4, 0.5) is 0 Å². The standard InChI is InChI=1S/C12H10ClNOS/c13-11-8-14-6-5-10(11)12(15)4-3-9-2-1-7-16-9/h1-2,5-8H,3-4H2. The largest absolute Gasteiger partial charge is 0.294 e. The molecule has 0 aliphatic carbocycles. The maximum Gasteiger partial charge on any atom is 0.164 e. The molecule has 0 fully saturated rings. The van der Waals surface area contributed by atoms with E-state index in [1.807, 2.05) is 17.5 Å². The lowest BCUT2D eigenvalue weighted by molar-refractivity contribution is 0.0983. The number of carbonyl (C=O) groups excluding carboxylic acids is 1. The number of aryl methyl sites for hydroxylation is 1. The molecule has 0 N–H and O–H groups in total. The number of nitrogens with zero attached hydrogens (tertiary/aromatic N) is 1. The van der Waals surface area contributed by atoms with Gasteiger partial charge < -0.3 is 0 Å². The van der Waals surface area contributed by atoms with Crippen molar-refractivity contribution < 1.29 is 4.79 Å².